The summed E-state index contributed by atoms with van der Waals surface area (Å²) in [6, 6.07) is 8.67. The van der Waals surface area contributed by atoms with E-state index in [4.69, 9.17) is 0 Å². The number of H-pyrrole nitrogens is 1. The Bertz CT molecular complexity index is 869. The normalized spacial score (nSPS) is 20.6. The first kappa shape index (κ1) is 20.9. The van der Waals surface area contributed by atoms with E-state index in [-0.39, 0.29) is 11.8 Å². The minimum absolute atomic E-state index is 0.241. The van der Waals surface area contributed by atoms with Crippen LogP contribution in [-0.4, -0.2) is 76.8 Å². The van der Waals surface area contributed by atoms with Crippen molar-refractivity contribution < 1.29 is 9.59 Å². The molecule has 3 heterocycles. The molecule has 1 N–H and O–H groups in total. The van der Waals surface area contributed by atoms with Crippen molar-refractivity contribution in [2.24, 2.45) is 0 Å². The van der Waals surface area contributed by atoms with Crippen LogP contribution in [0.5, 0.6) is 0 Å². The van der Waals surface area contributed by atoms with E-state index in [0.717, 1.165) is 63.9 Å². The number of aryl methyl sites for hydroxylation is 1. The molecule has 0 bridgehead atoms. The molecular weight excluding hydrogens is 376 g/mol. The molecule has 6 nitrogen and oxygen atoms in total. The molecule has 2 aliphatic heterocycles. The van der Waals surface area contributed by atoms with Crippen LogP contribution in [0.3, 0.4) is 0 Å². The van der Waals surface area contributed by atoms with E-state index in [1.54, 1.807) is 0 Å². The highest BCUT2D eigenvalue weighted by Crippen LogP contribution is 2.20. The number of hydrogen-bond acceptors (Lipinski definition) is 3. The number of piperazine rings is 1. The van der Waals surface area contributed by atoms with Crippen LogP contribution in [-0.2, 0) is 16.0 Å². The molecule has 6 heteroatoms. The van der Waals surface area contributed by atoms with Crippen LogP contribution in [0.15, 0.2) is 30.5 Å². The van der Waals surface area contributed by atoms with E-state index in [1.165, 1.54) is 17.4 Å². The molecule has 0 aliphatic carbocycles. The molecule has 2 fully saturated rings. The third kappa shape index (κ3) is 4.86. The van der Waals surface area contributed by atoms with E-state index < -0.39 is 0 Å². The number of benzene rings is 1. The number of aromatic nitrogens is 1. The van der Waals surface area contributed by atoms with Gasteiger partial charge in [0, 0.05) is 62.3 Å². The molecule has 30 heavy (non-hydrogen) atoms. The largest absolute Gasteiger partial charge is 0.361 e. The molecule has 2 aliphatic rings. The maximum Gasteiger partial charge on any atom is 0.236 e. The zero-order valence-electron chi connectivity index (χ0n) is 18.1. The standard InChI is InChI=1S/C24H34N4O2/c1-19-7-4-5-12-28(19)24(30)18-26-13-15-27(16-14-26)23(29)11-6-8-20-17-25-22-10-3-2-9-21(20)22/h2-3,9-10,17,19,25H,4-8,11-16,18H2,1H3. The van der Waals surface area contributed by atoms with Gasteiger partial charge in [0.1, 0.15) is 0 Å². The van der Waals surface area contributed by atoms with Gasteiger partial charge < -0.3 is 14.8 Å². The van der Waals surface area contributed by atoms with Gasteiger partial charge in [-0.3, -0.25) is 14.5 Å². The lowest BCUT2D eigenvalue weighted by atomic mass is 10.0. The van der Waals surface area contributed by atoms with Crippen molar-refractivity contribution in [1.29, 1.82) is 0 Å². The lowest BCUT2D eigenvalue weighted by Crippen LogP contribution is -2.53. The van der Waals surface area contributed by atoms with Crippen molar-refractivity contribution in [3.63, 3.8) is 0 Å². The third-order valence-corrected chi connectivity index (χ3v) is 6.72. The molecule has 1 aromatic carbocycles. The lowest BCUT2D eigenvalue weighted by molar-refractivity contribution is -0.137. The Morgan fingerprint density at radius 3 is 2.63 bits per heavy atom. The van der Waals surface area contributed by atoms with Crippen molar-refractivity contribution >= 4 is 22.7 Å². The van der Waals surface area contributed by atoms with Crippen LogP contribution in [0.4, 0.5) is 0 Å². The summed E-state index contributed by atoms with van der Waals surface area (Å²) in [7, 11) is 0. The van der Waals surface area contributed by atoms with Crippen molar-refractivity contribution in [3.05, 3.63) is 36.0 Å². The van der Waals surface area contributed by atoms with Crippen LogP contribution in [0.2, 0.25) is 0 Å². The second-order valence-corrected chi connectivity index (χ2v) is 8.80. The van der Waals surface area contributed by atoms with Gasteiger partial charge >= 0.3 is 0 Å². The molecule has 162 valence electrons. The summed E-state index contributed by atoms with van der Waals surface area (Å²) in [6.45, 7) is 6.60. The smallest absolute Gasteiger partial charge is 0.236 e. The highest BCUT2D eigenvalue weighted by Gasteiger charge is 2.27. The van der Waals surface area contributed by atoms with Gasteiger partial charge in [0.15, 0.2) is 0 Å². The Hall–Kier alpha value is -2.34. The van der Waals surface area contributed by atoms with E-state index in [1.807, 2.05) is 15.9 Å². The number of carbonyl (C=O) groups excluding carboxylic acids is 2. The molecule has 2 amide bonds. The van der Waals surface area contributed by atoms with Gasteiger partial charge in [0.2, 0.25) is 11.8 Å². The van der Waals surface area contributed by atoms with Gasteiger partial charge in [-0.15, -0.1) is 0 Å². The quantitative estimate of drug-likeness (QED) is 0.796. The fourth-order valence-electron chi connectivity index (χ4n) is 4.83. The van der Waals surface area contributed by atoms with Gasteiger partial charge in [-0.1, -0.05) is 18.2 Å². The summed E-state index contributed by atoms with van der Waals surface area (Å²) in [6.07, 6.45) is 7.90. The number of fused-ring (bicyclic) bond motifs is 1. The summed E-state index contributed by atoms with van der Waals surface area (Å²) in [5, 5.41) is 1.26. The zero-order valence-corrected chi connectivity index (χ0v) is 18.1. The molecule has 4 rings (SSSR count). The molecule has 0 saturated carbocycles. The fourth-order valence-corrected chi connectivity index (χ4v) is 4.83. The number of rotatable bonds is 6. The Morgan fingerprint density at radius 1 is 1.03 bits per heavy atom. The van der Waals surface area contributed by atoms with Crippen molar-refractivity contribution in [2.75, 3.05) is 39.3 Å². The van der Waals surface area contributed by atoms with Gasteiger partial charge in [-0.2, -0.15) is 0 Å². The Morgan fingerprint density at radius 2 is 1.83 bits per heavy atom. The molecule has 1 unspecified atom stereocenters. The molecule has 0 spiro atoms. The number of nitrogens with zero attached hydrogens (tertiary/aromatic N) is 3. The number of nitrogens with one attached hydrogen (secondary N) is 1. The van der Waals surface area contributed by atoms with E-state index in [2.05, 4.69) is 41.2 Å². The van der Waals surface area contributed by atoms with E-state index in [0.29, 0.717) is 19.0 Å². The number of carbonyl (C=O) groups is 2. The van der Waals surface area contributed by atoms with Crippen molar-refractivity contribution in [3.8, 4) is 0 Å². The average Bonchev–Trinajstić information content (AvgIpc) is 3.17. The van der Waals surface area contributed by atoms with E-state index in [9.17, 15) is 9.59 Å². The molecule has 1 atom stereocenters. The fraction of sp³-hybridized carbons (Fsp3) is 0.583. The maximum atomic E-state index is 12.6. The van der Waals surface area contributed by atoms with Gasteiger partial charge in [-0.25, -0.2) is 0 Å². The van der Waals surface area contributed by atoms with Gasteiger partial charge in [0.05, 0.1) is 6.54 Å². The molecule has 2 saturated heterocycles. The van der Waals surface area contributed by atoms with Crippen LogP contribution < -0.4 is 0 Å². The SMILES string of the molecule is CC1CCCCN1C(=O)CN1CCN(C(=O)CCCc2c[nH]c3ccccc23)CC1. The molecule has 2 aromatic rings. The number of amides is 2. The Balaban J connectivity index is 1.18. The van der Waals surface area contributed by atoms with Crippen LogP contribution in [0.25, 0.3) is 10.9 Å². The second kappa shape index (κ2) is 9.65. The average molecular weight is 411 g/mol. The number of likely N-dealkylation sites (tertiary alicyclic amines) is 1. The molecule has 0 radical (unpaired) electrons. The number of para-hydroxylation sites is 1. The highest BCUT2D eigenvalue weighted by molar-refractivity contribution is 5.83. The van der Waals surface area contributed by atoms with Gasteiger partial charge in [0.25, 0.3) is 0 Å². The summed E-state index contributed by atoms with van der Waals surface area (Å²) in [4.78, 5) is 34.8. The van der Waals surface area contributed by atoms with Crippen molar-refractivity contribution in [2.45, 2.75) is 51.5 Å². The highest BCUT2D eigenvalue weighted by atomic mass is 16.2. The summed E-state index contributed by atoms with van der Waals surface area (Å²) in [5.74, 6) is 0.492. The predicted octanol–water partition coefficient (Wildman–Crippen LogP) is 3.04. The number of piperidine rings is 1. The predicted molar refractivity (Wildman–Crippen MR) is 119 cm³/mol. The first-order chi connectivity index (χ1) is 14.6. The number of aromatic amines is 1. The Kier molecular flexibility index (Phi) is 6.72. The van der Waals surface area contributed by atoms with Crippen LogP contribution in [0.1, 0.15) is 44.6 Å². The van der Waals surface area contributed by atoms with Crippen LogP contribution >= 0.6 is 0 Å². The first-order valence-electron chi connectivity index (χ1n) is 11.5. The van der Waals surface area contributed by atoms with Gasteiger partial charge in [-0.05, 0) is 50.7 Å². The molecule has 1 aromatic heterocycles. The minimum atomic E-state index is 0.241. The topological polar surface area (TPSA) is 59.7 Å². The first-order valence-corrected chi connectivity index (χ1v) is 11.5. The van der Waals surface area contributed by atoms with E-state index >= 15 is 0 Å². The zero-order chi connectivity index (χ0) is 20.9. The Labute approximate surface area is 179 Å². The summed E-state index contributed by atoms with van der Waals surface area (Å²) >= 11 is 0. The lowest BCUT2D eigenvalue weighted by Gasteiger charge is -2.38. The molecular formula is C24H34N4O2. The van der Waals surface area contributed by atoms with Crippen molar-refractivity contribution in [1.82, 2.24) is 19.7 Å². The number of hydrogen-bond donors (Lipinski definition) is 1. The van der Waals surface area contributed by atoms with Crippen LogP contribution in [0, 0.1) is 0 Å². The minimum Gasteiger partial charge on any atom is -0.361 e. The maximum absolute atomic E-state index is 12.6. The summed E-state index contributed by atoms with van der Waals surface area (Å²) < 4.78 is 0. The monoisotopic (exact) mass is 410 g/mol. The second-order valence-electron chi connectivity index (χ2n) is 8.80. The third-order valence-electron chi connectivity index (χ3n) is 6.72. The summed E-state index contributed by atoms with van der Waals surface area (Å²) in [5.41, 5.74) is 2.44.